The fourth-order valence-electron chi connectivity index (χ4n) is 1.57. The number of unbranched alkanes of at least 4 members (excludes halogenated alkanes) is 2. The summed E-state index contributed by atoms with van der Waals surface area (Å²) < 4.78 is 0. The summed E-state index contributed by atoms with van der Waals surface area (Å²) in [5.74, 6) is 0. The molecule has 0 aromatic heterocycles. The normalized spacial score (nSPS) is 10.3. The summed E-state index contributed by atoms with van der Waals surface area (Å²) >= 11 is 0. The quantitative estimate of drug-likeness (QED) is 0.554. The number of aryl methyl sites for hydroxylation is 2. The van der Waals surface area contributed by atoms with E-state index in [1.165, 1.54) is 36.8 Å². The molecule has 2 N–H and O–H groups in total. The molecule has 72 valence electrons. The maximum atomic E-state index is 5.68. The van der Waals surface area contributed by atoms with E-state index < -0.39 is 0 Å². The third kappa shape index (κ3) is 3.10. The van der Waals surface area contributed by atoms with Gasteiger partial charge in [-0.15, -0.1) is 0 Å². The van der Waals surface area contributed by atoms with E-state index in [0.717, 1.165) is 5.69 Å². The maximum absolute atomic E-state index is 5.68. The number of nitrogens with two attached hydrogens (primary N) is 1. The standard InChI is InChI=1S/C12H19N/c1-3-4-5-6-11-7-8-12(13)9-10(11)2/h7-9H,3-6,13H2,1-2H3. The Kier molecular flexibility index (Phi) is 3.81. The highest BCUT2D eigenvalue weighted by molar-refractivity contribution is 5.44. The molecule has 1 rings (SSSR count). The van der Waals surface area contributed by atoms with Crippen LogP contribution in [-0.4, -0.2) is 0 Å². The maximum Gasteiger partial charge on any atom is 0.0316 e. The monoisotopic (exact) mass is 177 g/mol. The lowest BCUT2D eigenvalue weighted by atomic mass is 10.0. The molecule has 0 radical (unpaired) electrons. The first-order valence-corrected chi connectivity index (χ1v) is 5.09. The topological polar surface area (TPSA) is 26.0 Å². The minimum absolute atomic E-state index is 0.872. The van der Waals surface area contributed by atoms with E-state index in [1.807, 2.05) is 6.07 Å². The summed E-state index contributed by atoms with van der Waals surface area (Å²) in [5.41, 5.74) is 9.33. The molecule has 1 heteroatoms. The van der Waals surface area contributed by atoms with Gasteiger partial charge in [0.15, 0.2) is 0 Å². The lowest BCUT2D eigenvalue weighted by Gasteiger charge is -2.05. The zero-order chi connectivity index (χ0) is 9.68. The van der Waals surface area contributed by atoms with Crippen LogP contribution < -0.4 is 5.73 Å². The first kappa shape index (κ1) is 10.1. The van der Waals surface area contributed by atoms with Gasteiger partial charge in [-0.1, -0.05) is 25.8 Å². The van der Waals surface area contributed by atoms with Crippen LogP contribution in [0, 0.1) is 6.92 Å². The number of nitrogen functional groups attached to an aromatic ring is 1. The van der Waals surface area contributed by atoms with Crippen molar-refractivity contribution in [2.24, 2.45) is 0 Å². The van der Waals surface area contributed by atoms with Gasteiger partial charge in [-0.25, -0.2) is 0 Å². The molecule has 0 aliphatic rings. The van der Waals surface area contributed by atoms with Crippen LogP contribution in [0.25, 0.3) is 0 Å². The predicted octanol–water partition coefficient (Wildman–Crippen LogP) is 3.31. The molecule has 0 aliphatic heterocycles. The van der Waals surface area contributed by atoms with Gasteiger partial charge in [0.05, 0.1) is 0 Å². The zero-order valence-corrected chi connectivity index (χ0v) is 8.64. The zero-order valence-electron chi connectivity index (χ0n) is 8.64. The Hall–Kier alpha value is -0.980. The molecule has 1 aromatic carbocycles. The van der Waals surface area contributed by atoms with E-state index in [0.29, 0.717) is 0 Å². The molecule has 0 saturated carbocycles. The van der Waals surface area contributed by atoms with Gasteiger partial charge in [0.2, 0.25) is 0 Å². The van der Waals surface area contributed by atoms with Crippen molar-refractivity contribution in [2.45, 2.75) is 39.5 Å². The van der Waals surface area contributed by atoms with Gasteiger partial charge in [-0.3, -0.25) is 0 Å². The molecule has 0 amide bonds. The van der Waals surface area contributed by atoms with Crippen molar-refractivity contribution in [2.75, 3.05) is 5.73 Å². The van der Waals surface area contributed by atoms with Gasteiger partial charge in [-0.2, -0.15) is 0 Å². The van der Waals surface area contributed by atoms with Gasteiger partial charge >= 0.3 is 0 Å². The summed E-state index contributed by atoms with van der Waals surface area (Å²) in [5, 5.41) is 0. The highest BCUT2D eigenvalue weighted by Gasteiger charge is 1.97. The molecule has 0 aliphatic carbocycles. The number of hydrogen-bond acceptors (Lipinski definition) is 1. The molecule has 0 bridgehead atoms. The van der Waals surface area contributed by atoms with Crippen molar-refractivity contribution >= 4 is 5.69 Å². The van der Waals surface area contributed by atoms with E-state index >= 15 is 0 Å². The third-order valence-electron chi connectivity index (χ3n) is 2.42. The molecule has 13 heavy (non-hydrogen) atoms. The second-order valence-corrected chi connectivity index (χ2v) is 3.64. The molecular weight excluding hydrogens is 158 g/mol. The van der Waals surface area contributed by atoms with Crippen molar-refractivity contribution in [1.82, 2.24) is 0 Å². The van der Waals surface area contributed by atoms with E-state index in [9.17, 15) is 0 Å². The molecule has 0 fully saturated rings. The first-order valence-electron chi connectivity index (χ1n) is 5.09. The first-order chi connectivity index (χ1) is 6.24. The fourth-order valence-corrected chi connectivity index (χ4v) is 1.57. The van der Waals surface area contributed by atoms with Crippen LogP contribution in [0.3, 0.4) is 0 Å². The van der Waals surface area contributed by atoms with E-state index in [4.69, 9.17) is 5.73 Å². The summed E-state index contributed by atoms with van der Waals surface area (Å²) in [6.07, 6.45) is 5.10. The third-order valence-corrected chi connectivity index (χ3v) is 2.42. The Bertz CT molecular complexity index is 266. The summed E-state index contributed by atoms with van der Waals surface area (Å²) in [6.45, 7) is 4.37. The fraction of sp³-hybridized carbons (Fsp3) is 0.500. The molecule has 0 atom stereocenters. The molecule has 0 unspecified atom stereocenters. The molecule has 1 aromatic rings. The van der Waals surface area contributed by atoms with Crippen LogP contribution in [0.15, 0.2) is 18.2 Å². The minimum atomic E-state index is 0.872. The molecule has 0 saturated heterocycles. The van der Waals surface area contributed by atoms with Crippen LogP contribution >= 0.6 is 0 Å². The Morgan fingerprint density at radius 1 is 1.23 bits per heavy atom. The van der Waals surface area contributed by atoms with Crippen molar-refractivity contribution in [3.05, 3.63) is 29.3 Å². The van der Waals surface area contributed by atoms with E-state index in [1.54, 1.807) is 0 Å². The van der Waals surface area contributed by atoms with Crippen LogP contribution in [0.1, 0.15) is 37.3 Å². The Morgan fingerprint density at radius 2 is 2.00 bits per heavy atom. The lowest BCUT2D eigenvalue weighted by Crippen LogP contribution is -1.92. The average molecular weight is 177 g/mol. The predicted molar refractivity (Wildman–Crippen MR) is 58.8 cm³/mol. The van der Waals surface area contributed by atoms with E-state index in [2.05, 4.69) is 26.0 Å². The Labute approximate surface area is 81.0 Å². The highest BCUT2D eigenvalue weighted by atomic mass is 14.5. The van der Waals surface area contributed by atoms with Crippen molar-refractivity contribution < 1.29 is 0 Å². The van der Waals surface area contributed by atoms with Gasteiger partial charge in [0.25, 0.3) is 0 Å². The van der Waals surface area contributed by atoms with E-state index in [-0.39, 0.29) is 0 Å². The number of benzene rings is 1. The van der Waals surface area contributed by atoms with Crippen molar-refractivity contribution in [3.8, 4) is 0 Å². The van der Waals surface area contributed by atoms with Gasteiger partial charge in [-0.05, 0) is 43.0 Å². The van der Waals surface area contributed by atoms with Crippen LogP contribution in [0.5, 0.6) is 0 Å². The largest absolute Gasteiger partial charge is 0.399 e. The minimum Gasteiger partial charge on any atom is -0.399 e. The lowest BCUT2D eigenvalue weighted by molar-refractivity contribution is 0.715. The average Bonchev–Trinajstić information content (AvgIpc) is 2.09. The van der Waals surface area contributed by atoms with Crippen LogP contribution in [0.4, 0.5) is 5.69 Å². The number of rotatable bonds is 4. The smallest absolute Gasteiger partial charge is 0.0316 e. The second-order valence-electron chi connectivity index (χ2n) is 3.64. The van der Waals surface area contributed by atoms with Gasteiger partial charge in [0.1, 0.15) is 0 Å². The number of anilines is 1. The summed E-state index contributed by atoms with van der Waals surface area (Å²) in [6, 6.07) is 6.20. The highest BCUT2D eigenvalue weighted by Crippen LogP contribution is 2.15. The molecule has 1 nitrogen and oxygen atoms in total. The van der Waals surface area contributed by atoms with Crippen molar-refractivity contribution in [3.63, 3.8) is 0 Å². The number of hydrogen-bond donors (Lipinski definition) is 1. The summed E-state index contributed by atoms with van der Waals surface area (Å²) in [4.78, 5) is 0. The molecule has 0 heterocycles. The Balaban J connectivity index is 2.56. The molecule has 0 spiro atoms. The van der Waals surface area contributed by atoms with Gasteiger partial charge < -0.3 is 5.73 Å². The summed E-state index contributed by atoms with van der Waals surface area (Å²) in [7, 11) is 0. The van der Waals surface area contributed by atoms with Crippen LogP contribution in [-0.2, 0) is 6.42 Å². The van der Waals surface area contributed by atoms with Crippen LogP contribution in [0.2, 0.25) is 0 Å². The Morgan fingerprint density at radius 3 is 2.62 bits per heavy atom. The SMILES string of the molecule is CCCCCc1ccc(N)cc1C. The van der Waals surface area contributed by atoms with Gasteiger partial charge in [0, 0.05) is 5.69 Å². The van der Waals surface area contributed by atoms with Crippen molar-refractivity contribution in [1.29, 1.82) is 0 Å². The second kappa shape index (κ2) is 4.90. The molecular formula is C12H19N.